The molecule has 0 bridgehead atoms. The first-order valence-corrected chi connectivity index (χ1v) is 9.93. The maximum atomic E-state index is 5.79. The Kier molecular flexibility index (Phi) is 5.84. The quantitative estimate of drug-likeness (QED) is 0.421. The van der Waals surface area contributed by atoms with Gasteiger partial charge in [0.1, 0.15) is 0 Å². The molecule has 0 amide bonds. The van der Waals surface area contributed by atoms with Crippen LogP contribution < -0.4 is 14.2 Å². The predicted molar refractivity (Wildman–Crippen MR) is 111 cm³/mol. The maximum absolute atomic E-state index is 5.79. The van der Waals surface area contributed by atoms with Gasteiger partial charge in [0.25, 0.3) is 0 Å². The van der Waals surface area contributed by atoms with Gasteiger partial charge in [0.15, 0.2) is 17.3 Å². The molecule has 10 heteroatoms. The molecular weight excluding hydrogens is 406 g/mol. The van der Waals surface area contributed by atoms with E-state index < -0.39 is 0 Å². The Morgan fingerprint density at radius 3 is 2.33 bits per heavy atom. The van der Waals surface area contributed by atoms with Gasteiger partial charge in [0, 0.05) is 11.1 Å². The van der Waals surface area contributed by atoms with Crippen molar-refractivity contribution in [2.75, 3.05) is 21.3 Å². The van der Waals surface area contributed by atoms with Crippen molar-refractivity contribution in [3.63, 3.8) is 0 Å². The van der Waals surface area contributed by atoms with Gasteiger partial charge in [0.05, 0.1) is 27.1 Å². The van der Waals surface area contributed by atoms with Gasteiger partial charge in [-0.25, -0.2) is 4.98 Å². The summed E-state index contributed by atoms with van der Waals surface area (Å²) in [6.45, 7) is 0. The van der Waals surface area contributed by atoms with E-state index in [-0.39, 0.29) is 0 Å². The highest BCUT2D eigenvalue weighted by Crippen LogP contribution is 2.41. The molecule has 0 unspecified atom stereocenters. The van der Waals surface area contributed by atoms with Crippen molar-refractivity contribution in [1.82, 2.24) is 25.4 Å². The molecule has 9 nitrogen and oxygen atoms in total. The molecule has 0 spiro atoms. The number of nitrogens with zero attached hydrogens (tertiary/aromatic N) is 4. The first-order valence-electron chi connectivity index (χ1n) is 8.95. The number of hydrogen-bond acceptors (Lipinski definition) is 9. The normalized spacial score (nSPS) is 10.8. The van der Waals surface area contributed by atoms with Crippen LogP contribution in [0.15, 0.2) is 52.0 Å². The van der Waals surface area contributed by atoms with Crippen LogP contribution in [-0.2, 0) is 5.75 Å². The van der Waals surface area contributed by atoms with Gasteiger partial charge in [-0.1, -0.05) is 42.1 Å². The minimum atomic E-state index is 0.352. The fourth-order valence-corrected chi connectivity index (χ4v) is 3.43. The summed E-state index contributed by atoms with van der Waals surface area (Å²) in [5.74, 6) is 3.47. The minimum absolute atomic E-state index is 0.352. The van der Waals surface area contributed by atoms with Gasteiger partial charge in [0.2, 0.25) is 22.7 Å². The minimum Gasteiger partial charge on any atom is -0.493 e. The second kappa shape index (κ2) is 8.87. The molecule has 0 saturated carbocycles. The summed E-state index contributed by atoms with van der Waals surface area (Å²) in [5, 5.41) is 16.0. The molecule has 154 valence electrons. The van der Waals surface area contributed by atoms with E-state index in [0.29, 0.717) is 51.3 Å². The van der Waals surface area contributed by atoms with E-state index in [0.717, 1.165) is 5.56 Å². The highest BCUT2D eigenvalue weighted by atomic mass is 32.2. The molecular formula is C20H19N5O4S. The Morgan fingerprint density at radius 2 is 1.67 bits per heavy atom. The first-order chi connectivity index (χ1) is 14.7. The molecule has 0 aliphatic heterocycles. The van der Waals surface area contributed by atoms with Crippen LogP contribution in [0.5, 0.6) is 17.2 Å². The second-order valence-corrected chi connectivity index (χ2v) is 6.98. The van der Waals surface area contributed by atoms with Gasteiger partial charge in [-0.05, 0) is 12.1 Å². The number of ether oxygens (including phenoxy) is 3. The molecule has 0 radical (unpaired) electrons. The van der Waals surface area contributed by atoms with Crippen LogP contribution in [0, 0.1) is 0 Å². The molecule has 4 rings (SSSR count). The molecule has 1 N–H and O–H groups in total. The van der Waals surface area contributed by atoms with Crippen LogP contribution >= 0.6 is 11.8 Å². The number of hydrogen-bond donors (Lipinski definition) is 1. The summed E-state index contributed by atoms with van der Waals surface area (Å²) in [6.07, 6.45) is 0. The van der Waals surface area contributed by atoms with Crippen LogP contribution in [0.3, 0.4) is 0 Å². The molecule has 4 aromatic rings. The van der Waals surface area contributed by atoms with Crippen molar-refractivity contribution >= 4 is 11.8 Å². The smallest absolute Gasteiger partial charge is 0.248 e. The van der Waals surface area contributed by atoms with Crippen molar-refractivity contribution in [2.45, 2.75) is 10.9 Å². The van der Waals surface area contributed by atoms with E-state index in [1.165, 1.54) is 11.8 Å². The third kappa shape index (κ3) is 4.08. The fraction of sp³-hybridized carbons (Fsp3) is 0.200. The van der Waals surface area contributed by atoms with Crippen molar-refractivity contribution in [2.24, 2.45) is 0 Å². The number of nitrogens with one attached hydrogen (secondary N) is 1. The number of aromatic amines is 1. The number of rotatable bonds is 8. The van der Waals surface area contributed by atoms with Crippen LogP contribution in [0.4, 0.5) is 0 Å². The zero-order valence-electron chi connectivity index (χ0n) is 16.6. The third-order valence-corrected chi connectivity index (χ3v) is 5.05. The van der Waals surface area contributed by atoms with E-state index in [4.69, 9.17) is 18.6 Å². The molecule has 2 aromatic heterocycles. The molecule has 0 aliphatic rings. The van der Waals surface area contributed by atoms with Gasteiger partial charge >= 0.3 is 0 Å². The number of thioether (sulfide) groups is 1. The molecule has 0 aliphatic carbocycles. The van der Waals surface area contributed by atoms with Crippen LogP contribution in [0.2, 0.25) is 0 Å². The summed E-state index contributed by atoms with van der Waals surface area (Å²) in [6, 6.07) is 13.3. The van der Waals surface area contributed by atoms with Gasteiger partial charge in [-0.2, -0.15) is 0 Å². The van der Waals surface area contributed by atoms with E-state index in [1.807, 2.05) is 30.3 Å². The molecule has 0 fully saturated rings. The molecule has 2 heterocycles. The summed E-state index contributed by atoms with van der Waals surface area (Å²) in [5.41, 5.74) is 1.64. The number of H-pyrrole nitrogens is 1. The van der Waals surface area contributed by atoms with E-state index in [2.05, 4.69) is 25.4 Å². The highest BCUT2D eigenvalue weighted by Gasteiger charge is 2.18. The van der Waals surface area contributed by atoms with Crippen LogP contribution in [0.25, 0.3) is 22.8 Å². The van der Waals surface area contributed by atoms with Gasteiger partial charge in [-0.15, -0.1) is 15.3 Å². The topological polar surface area (TPSA) is 108 Å². The monoisotopic (exact) mass is 425 g/mol. The van der Waals surface area contributed by atoms with Crippen LogP contribution in [-0.4, -0.2) is 46.7 Å². The molecule has 2 aromatic carbocycles. The summed E-state index contributed by atoms with van der Waals surface area (Å²) < 4.78 is 21.9. The van der Waals surface area contributed by atoms with Crippen LogP contribution in [0.1, 0.15) is 5.89 Å². The van der Waals surface area contributed by atoms with Crippen molar-refractivity contribution < 1.29 is 18.6 Å². The second-order valence-electron chi connectivity index (χ2n) is 6.04. The van der Waals surface area contributed by atoms with Gasteiger partial charge < -0.3 is 18.6 Å². The molecule has 0 saturated heterocycles. The third-order valence-electron chi connectivity index (χ3n) is 4.22. The lowest BCUT2D eigenvalue weighted by Gasteiger charge is -2.12. The van der Waals surface area contributed by atoms with E-state index in [9.17, 15) is 0 Å². The lowest BCUT2D eigenvalue weighted by molar-refractivity contribution is 0.324. The number of benzene rings is 2. The van der Waals surface area contributed by atoms with Crippen molar-refractivity contribution in [3.8, 4) is 40.1 Å². The average molecular weight is 425 g/mol. The Morgan fingerprint density at radius 1 is 0.933 bits per heavy atom. The Bertz CT molecular complexity index is 1100. The van der Waals surface area contributed by atoms with Crippen molar-refractivity contribution in [3.05, 3.63) is 48.4 Å². The number of aromatic nitrogens is 5. The highest BCUT2D eigenvalue weighted by molar-refractivity contribution is 7.98. The Labute approximate surface area is 176 Å². The Hall–Kier alpha value is -3.53. The molecule has 0 atom stereocenters. The summed E-state index contributed by atoms with van der Waals surface area (Å²) in [7, 11) is 4.66. The number of methoxy groups -OCH3 is 3. The Balaban J connectivity index is 1.48. The maximum Gasteiger partial charge on any atom is 0.248 e. The lowest BCUT2D eigenvalue weighted by atomic mass is 10.2. The van der Waals surface area contributed by atoms with E-state index >= 15 is 0 Å². The average Bonchev–Trinajstić information content (AvgIpc) is 3.47. The van der Waals surface area contributed by atoms with Crippen molar-refractivity contribution in [1.29, 1.82) is 0 Å². The van der Waals surface area contributed by atoms with E-state index in [1.54, 1.807) is 33.5 Å². The summed E-state index contributed by atoms with van der Waals surface area (Å²) >= 11 is 1.40. The zero-order valence-corrected chi connectivity index (χ0v) is 17.4. The fourth-order valence-electron chi connectivity index (χ4n) is 2.80. The first kappa shape index (κ1) is 19.8. The SMILES string of the molecule is COc1cc(-c2nnc(CSc3n[nH]c(-c4ccccc4)n3)o2)cc(OC)c1OC. The standard InChI is InChI=1S/C20H19N5O4S/c1-26-14-9-13(10-15(27-2)17(14)28-3)19-24-22-16(29-19)11-30-20-21-18(23-25-20)12-7-5-4-6-8-12/h4-10H,11H2,1-3H3,(H,21,23,25). The van der Waals surface area contributed by atoms with Gasteiger partial charge in [-0.3, -0.25) is 5.10 Å². The zero-order chi connectivity index (χ0) is 20.9. The largest absolute Gasteiger partial charge is 0.493 e. The molecule has 30 heavy (non-hydrogen) atoms. The predicted octanol–water partition coefficient (Wildman–Crippen LogP) is 3.84. The lowest BCUT2D eigenvalue weighted by Crippen LogP contribution is -1.95. The summed E-state index contributed by atoms with van der Waals surface area (Å²) in [4.78, 5) is 4.48.